The molecule has 0 aliphatic rings. The average Bonchev–Trinajstić information content (AvgIpc) is 2.30. The van der Waals surface area contributed by atoms with Crippen molar-refractivity contribution in [3.63, 3.8) is 0 Å². The summed E-state index contributed by atoms with van der Waals surface area (Å²) in [4.78, 5) is 11.9. The summed E-state index contributed by atoms with van der Waals surface area (Å²) in [6, 6.07) is 10.2. The zero-order chi connectivity index (χ0) is 10.7. The van der Waals surface area contributed by atoms with Gasteiger partial charge in [0, 0.05) is 17.4 Å². The zero-order valence-corrected chi connectivity index (χ0v) is 7.92. The number of para-hydroxylation sites is 1. The number of nitrogen functional groups attached to an aromatic ring is 1. The van der Waals surface area contributed by atoms with Gasteiger partial charge in [0.15, 0.2) is 0 Å². The Kier molecular flexibility index (Phi) is 2.41. The van der Waals surface area contributed by atoms with Crippen LogP contribution in [-0.4, -0.2) is 16.0 Å². The van der Waals surface area contributed by atoms with Crippen LogP contribution in [-0.2, 0) is 0 Å². The molecule has 2 rings (SSSR count). The lowest BCUT2D eigenvalue weighted by atomic mass is 10.1. The molecular formula is C11H9N3O. The molecule has 2 aromatic rings. The van der Waals surface area contributed by atoms with Gasteiger partial charge in [-0.3, -0.25) is 4.79 Å². The quantitative estimate of drug-likeness (QED) is 0.584. The number of anilines is 1. The number of ketones is 1. The van der Waals surface area contributed by atoms with Crippen molar-refractivity contribution in [1.82, 2.24) is 10.2 Å². The molecule has 0 fully saturated rings. The summed E-state index contributed by atoms with van der Waals surface area (Å²) >= 11 is 0. The maximum atomic E-state index is 11.9. The van der Waals surface area contributed by atoms with Crippen molar-refractivity contribution in [1.29, 1.82) is 0 Å². The lowest BCUT2D eigenvalue weighted by Crippen LogP contribution is -2.07. The molecule has 0 spiro atoms. The second kappa shape index (κ2) is 3.88. The molecule has 4 heteroatoms. The van der Waals surface area contributed by atoms with Crippen LogP contribution in [0, 0.1) is 0 Å². The van der Waals surface area contributed by atoms with E-state index in [9.17, 15) is 4.79 Å². The Morgan fingerprint density at radius 2 is 1.93 bits per heavy atom. The van der Waals surface area contributed by atoms with Gasteiger partial charge < -0.3 is 5.73 Å². The van der Waals surface area contributed by atoms with Gasteiger partial charge in [-0.25, -0.2) is 0 Å². The number of carbonyl (C=O) groups is 1. The summed E-state index contributed by atoms with van der Waals surface area (Å²) < 4.78 is 0. The van der Waals surface area contributed by atoms with Crippen molar-refractivity contribution >= 4 is 11.5 Å². The molecule has 2 N–H and O–H groups in total. The number of hydrogen-bond donors (Lipinski definition) is 1. The molecule has 1 heterocycles. The van der Waals surface area contributed by atoms with E-state index in [4.69, 9.17) is 5.73 Å². The van der Waals surface area contributed by atoms with E-state index in [1.54, 1.807) is 36.4 Å². The van der Waals surface area contributed by atoms with Gasteiger partial charge >= 0.3 is 0 Å². The first-order valence-electron chi connectivity index (χ1n) is 4.46. The fourth-order valence-corrected chi connectivity index (χ4v) is 1.26. The third-order valence-corrected chi connectivity index (χ3v) is 2.01. The average molecular weight is 199 g/mol. The molecule has 0 saturated heterocycles. The van der Waals surface area contributed by atoms with Gasteiger partial charge in [-0.15, -0.1) is 5.10 Å². The van der Waals surface area contributed by atoms with Crippen molar-refractivity contribution in [3.8, 4) is 0 Å². The minimum absolute atomic E-state index is 0.207. The molecule has 1 aromatic carbocycles. The normalized spacial score (nSPS) is 9.87. The molecule has 0 aliphatic heterocycles. The van der Waals surface area contributed by atoms with Crippen LogP contribution in [0.1, 0.15) is 16.1 Å². The standard InChI is InChI=1S/C11H9N3O/c12-9-5-2-1-4-8(9)11(15)10-6-3-7-13-14-10/h1-7H,12H2. The second-order valence-corrected chi connectivity index (χ2v) is 3.03. The summed E-state index contributed by atoms with van der Waals surface area (Å²) in [7, 11) is 0. The number of nitrogens with two attached hydrogens (primary N) is 1. The smallest absolute Gasteiger partial charge is 0.215 e. The predicted octanol–water partition coefficient (Wildman–Crippen LogP) is 1.29. The lowest BCUT2D eigenvalue weighted by molar-refractivity contribution is 0.103. The van der Waals surface area contributed by atoms with E-state index in [0.29, 0.717) is 16.9 Å². The summed E-state index contributed by atoms with van der Waals surface area (Å²) in [5.74, 6) is -0.207. The van der Waals surface area contributed by atoms with Gasteiger partial charge in [-0.05, 0) is 24.3 Å². The number of rotatable bonds is 2. The first-order valence-corrected chi connectivity index (χ1v) is 4.46. The minimum Gasteiger partial charge on any atom is -0.398 e. The molecule has 0 saturated carbocycles. The monoisotopic (exact) mass is 199 g/mol. The predicted molar refractivity (Wildman–Crippen MR) is 56.3 cm³/mol. The third-order valence-electron chi connectivity index (χ3n) is 2.01. The molecule has 0 amide bonds. The highest BCUT2D eigenvalue weighted by atomic mass is 16.1. The van der Waals surface area contributed by atoms with Crippen LogP contribution in [0.15, 0.2) is 42.6 Å². The molecule has 0 atom stereocenters. The molecule has 15 heavy (non-hydrogen) atoms. The number of nitrogens with zero attached hydrogens (tertiary/aromatic N) is 2. The summed E-state index contributed by atoms with van der Waals surface area (Å²) in [6.07, 6.45) is 1.52. The highest BCUT2D eigenvalue weighted by Gasteiger charge is 2.12. The molecule has 0 unspecified atom stereocenters. The highest BCUT2D eigenvalue weighted by molar-refractivity contribution is 6.10. The first-order chi connectivity index (χ1) is 7.29. The third kappa shape index (κ3) is 1.83. The SMILES string of the molecule is Nc1ccccc1C(=O)c1cccnn1. The Morgan fingerprint density at radius 3 is 2.60 bits per heavy atom. The van der Waals surface area contributed by atoms with Crippen LogP contribution in [0.3, 0.4) is 0 Å². The molecule has 4 nitrogen and oxygen atoms in total. The maximum Gasteiger partial charge on any atom is 0.215 e. The van der Waals surface area contributed by atoms with Crippen molar-refractivity contribution in [2.75, 3.05) is 5.73 Å². The Hall–Kier alpha value is -2.23. The number of hydrogen-bond acceptors (Lipinski definition) is 4. The van der Waals surface area contributed by atoms with Crippen LogP contribution in [0.2, 0.25) is 0 Å². The summed E-state index contributed by atoms with van der Waals surface area (Å²) in [5.41, 5.74) is 6.90. The topological polar surface area (TPSA) is 68.9 Å². The number of aromatic nitrogens is 2. The number of benzene rings is 1. The van der Waals surface area contributed by atoms with Crippen molar-refractivity contribution in [2.45, 2.75) is 0 Å². The fraction of sp³-hybridized carbons (Fsp3) is 0. The van der Waals surface area contributed by atoms with Gasteiger partial charge in [0.2, 0.25) is 5.78 Å². The van der Waals surface area contributed by atoms with E-state index in [2.05, 4.69) is 10.2 Å². The molecule has 0 bridgehead atoms. The van der Waals surface area contributed by atoms with E-state index in [1.807, 2.05) is 0 Å². The molecule has 74 valence electrons. The lowest BCUT2D eigenvalue weighted by Gasteiger charge is -2.02. The van der Waals surface area contributed by atoms with Crippen LogP contribution < -0.4 is 5.73 Å². The molecule has 0 radical (unpaired) electrons. The van der Waals surface area contributed by atoms with Gasteiger partial charge in [-0.2, -0.15) is 5.10 Å². The largest absolute Gasteiger partial charge is 0.398 e. The van der Waals surface area contributed by atoms with Gasteiger partial charge in [0.05, 0.1) is 0 Å². The first kappa shape index (κ1) is 9.33. The summed E-state index contributed by atoms with van der Waals surface area (Å²) in [6.45, 7) is 0. The van der Waals surface area contributed by atoms with Crippen molar-refractivity contribution < 1.29 is 4.79 Å². The van der Waals surface area contributed by atoms with E-state index < -0.39 is 0 Å². The highest BCUT2D eigenvalue weighted by Crippen LogP contribution is 2.14. The van der Waals surface area contributed by atoms with Crippen LogP contribution in [0.4, 0.5) is 5.69 Å². The Bertz CT molecular complexity index is 482. The Balaban J connectivity index is 2.42. The minimum atomic E-state index is -0.207. The van der Waals surface area contributed by atoms with E-state index >= 15 is 0 Å². The maximum absolute atomic E-state index is 11.9. The van der Waals surface area contributed by atoms with E-state index in [0.717, 1.165) is 0 Å². The van der Waals surface area contributed by atoms with E-state index in [-0.39, 0.29) is 5.78 Å². The van der Waals surface area contributed by atoms with Gasteiger partial charge in [0.25, 0.3) is 0 Å². The zero-order valence-electron chi connectivity index (χ0n) is 7.92. The van der Waals surface area contributed by atoms with Crippen LogP contribution >= 0.6 is 0 Å². The van der Waals surface area contributed by atoms with Gasteiger partial charge in [-0.1, -0.05) is 12.1 Å². The summed E-state index contributed by atoms with van der Waals surface area (Å²) in [5, 5.41) is 7.39. The fourth-order valence-electron chi connectivity index (χ4n) is 1.26. The molecule has 0 aliphatic carbocycles. The number of carbonyl (C=O) groups excluding carboxylic acids is 1. The molecular weight excluding hydrogens is 190 g/mol. The van der Waals surface area contributed by atoms with Crippen LogP contribution in [0.5, 0.6) is 0 Å². The molecule has 1 aromatic heterocycles. The second-order valence-electron chi connectivity index (χ2n) is 3.03. The van der Waals surface area contributed by atoms with Gasteiger partial charge in [0.1, 0.15) is 5.69 Å². The van der Waals surface area contributed by atoms with E-state index in [1.165, 1.54) is 6.20 Å². The Morgan fingerprint density at radius 1 is 1.13 bits per heavy atom. The van der Waals surface area contributed by atoms with Crippen molar-refractivity contribution in [2.24, 2.45) is 0 Å². The Labute approximate surface area is 86.8 Å². The van der Waals surface area contributed by atoms with Crippen LogP contribution in [0.25, 0.3) is 0 Å². The van der Waals surface area contributed by atoms with Crippen molar-refractivity contribution in [3.05, 3.63) is 53.9 Å².